The number of hydrogen-bond donors (Lipinski definition) is 1. The summed E-state index contributed by atoms with van der Waals surface area (Å²) in [6.45, 7) is 0.483. The van der Waals surface area contributed by atoms with Crippen LogP contribution in [0, 0.1) is 0 Å². The van der Waals surface area contributed by atoms with Crippen molar-refractivity contribution in [1.82, 2.24) is 9.80 Å². The fraction of sp³-hybridized carbons (Fsp3) is 0.417. The van der Waals surface area contributed by atoms with Gasteiger partial charge in [0.05, 0.1) is 11.4 Å². The smallest absolute Gasteiger partial charge is 0.238 e. The number of aliphatic imine (C=N–C) groups is 1. The van der Waals surface area contributed by atoms with Crippen molar-refractivity contribution in [3.8, 4) is 0 Å². The molecule has 1 aromatic carbocycles. The first-order valence-corrected chi connectivity index (χ1v) is 7.27. The summed E-state index contributed by atoms with van der Waals surface area (Å²) < 4.78 is 22.3. The van der Waals surface area contributed by atoms with Crippen molar-refractivity contribution in [2.45, 2.75) is 11.4 Å². The van der Waals surface area contributed by atoms with Crippen molar-refractivity contribution in [3.63, 3.8) is 0 Å². The van der Waals surface area contributed by atoms with Crippen LogP contribution in [0.2, 0.25) is 0 Å². The highest BCUT2D eigenvalue weighted by Crippen LogP contribution is 2.09. The minimum atomic E-state index is -3.63. The van der Waals surface area contributed by atoms with Crippen molar-refractivity contribution >= 4 is 40.0 Å². The van der Waals surface area contributed by atoms with E-state index in [0.29, 0.717) is 6.54 Å². The van der Waals surface area contributed by atoms with Gasteiger partial charge in [0.1, 0.15) is 0 Å². The van der Waals surface area contributed by atoms with E-state index in [0.717, 1.165) is 11.5 Å². The van der Waals surface area contributed by atoms with Crippen LogP contribution in [0.3, 0.4) is 0 Å². The number of sulfonamides is 1. The van der Waals surface area contributed by atoms with Gasteiger partial charge < -0.3 is 9.80 Å². The second-order valence-corrected chi connectivity index (χ2v) is 6.16. The van der Waals surface area contributed by atoms with E-state index in [1.54, 1.807) is 12.1 Å². The number of rotatable bonds is 3. The van der Waals surface area contributed by atoms with Crippen molar-refractivity contribution in [2.75, 3.05) is 28.2 Å². The molecule has 0 aliphatic heterocycles. The van der Waals surface area contributed by atoms with Crippen LogP contribution in [0.5, 0.6) is 0 Å². The second-order valence-electron chi connectivity index (χ2n) is 4.59. The highest BCUT2D eigenvalue weighted by atomic mass is 127. The summed E-state index contributed by atoms with van der Waals surface area (Å²) in [5.41, 5.74) is 0.925. The third kappa shape index (κ3) is 5.63. The maximum absolute atomic E-state index is 11.1. The predicted octanol–water partition coefficient (Wildman–Crippen LogP) is 0.931. The largest absolute Gasteiger partial charge is 0.349 e. The number of halogens is 1. The third-order valence-corrected chi connectivity index (χ3v) is 3.38. The van der Waals surface area contributed by atoms with Gasteiger partial charge in [-0.3, -0.25) is 0 Å². The molecule has 0 aromatic heterocycles. The maximum Gasteiger partial charge on any atom is 0.238 e. The van der Waals surface area contributed by atoms with Gasteiger partial charge in [0, 0.05) is 28.2 Å². The molecule has 0 bridgehead atoms. The minimum Gasteiger partial charge on any atom is -0.349 e. The topological polar surface area (TPSA) is 79.0 Å². The van der Waals surface area contributed by atoms with Gasteiger partial charge in [0.25, 0.3) is 0 Å². The summed E-state index contributed by atoms with van der Waals surface area (Å²) in [4.78, 5) is 8.42. The molecule has 0 saturated carbocycles. The molecule has 1 aromatic rings. The second kappa shape index (κ2) is 7.79. The zero-order chi connectivity index (χ0) is 14.6. The van der Waals surface area contributed by atoms with E-state index in [-0.39, 0.29) is 28.9 Å². The summed E-state index contributed by atoms with van der Waals surface area (Å²) in [5.74, 6) is 0.843. The van der Waals surface area contributed by atoms with Gasteiger partial charge >= 0.3 is 0 Å². The van der Waals surface area contributed by atoms with Crippen LogP contribution in [0.4, 0.5) is 0 Å². The van der Waals surface area contributed by atoms with Crippen molar-refractivity contribution in [2.24, 2.45) is 10.1 Å². The molecule has 0 heterocycles. The van der Waals surface area contributed by atoms with Crippen LogP contribution in [-0.2, 0) is 16.6 Å². The molecule has 20 heavy (non-hydrogen) atoms. The molecule has 0 atom stereocenters. The molecule has 0 amide bonds. The Balaban J connectivity index is 0.00000361. The molecule has 114 valence electrons. The summed E-state index contributed by atoms with van der Waals surface area (Å²) in [6.07, 6.45) is 0. The summed E-state index contributed by atoms with van der Waals surface area (Å²) in [7, 11) is 4.05. The Kier molecular flexibility index (Phi) is 7.45. The fourth-order valence-corrected chi connectivity index (χ4v) is 2.14. The SMILES string of the molecule is CN(C)C(=NCc1ccc(S(N)(=O)=O)cc1)N(C)C.I. The minimum absolute atomic E-state index is 0. The van der Waals surface area contributed by atoms with Crippen LogP contribution in [0.25, 0.3) is 0 Å². The number of nitrogens with two attached hydrogens (primary N) is 1. The van der Waals surface area contributed by atoms with E-state index >= 15 is 0 Å². The lowest BCUT2D eigenvalue weighted by atomic mass is 10.2. The average Bonchev–Trinajstić information content (AvgIpc) is 2.27. The standard InChI is InChI=1S/C12H20N4O2S.HI/c1-15(2)12(16(3)4)14-9-10-5-7-11(8-6-10)19(13,17)18;/h5-8H,9H2,1-4H3,(H2,13,17,18);1H. The summed E-state index contributed by atoms with van der Waals surface area (Å²) in [5, 5.41) is 5.04. The fourth-order valence-electron chi connectivity index (χ4n) is 1.63. The third-order valence-electron chi connectivity index (χ3n) is 2.45. The first kappa shape index (κ1) is 19.1. The van der Waals surface area contributed by atoms with Gasteiger partial charge in [0.15, 0.2) is 5.96 Å². The molecule has 6 nitrogen and oxygen atoms in total. The maximum atomic E-state index is 11.1. The molecule has 0 fully saturated rings. The number of guanidine groups is 1. The first-order chi connectivity index (χ1) is 8.71. The average molecular weight is 412 g/mol. The quantitative estimate of drug-likeness (QED) is 0.455. The molecule has 0 aliphatic carbocycles. The van der Waals surface area contributed by atoms with Crippen LogP contribution >= 0.6 is 24.0 Å². The van der Waals surface area contributed by atoms with Crippen LogP contribution < -0.4 is 5.14 Å². The van der Waals surface area contributed by atoms with Crippen molar-refractivity contribution in [1.29, 1.82) is 0 Å². The summed E-state index contributed by atoms with van der Waals surface area (Å²) in [6, 6.07) is 6.41. The van der Waals surface area contributed by atoms with Crippen molar-refractivity contribution < 1.29 is 8.42 Å². The van der Waals surface area contributed by atoms with E-state index in [4.69, 9.17) is 5.14 Å². The molecule has 0 spiro atoms. The number of hydrogen-bond acceptors (Lipinski definition) is 3. The Morgan fingerprint density at radius 2 is 1.55 bits per heavy atom. The lowest BCUT2D eigenvalue weighted by molar-refractivity contribution is 0.479. The normalized spacial score (nSPS) is 10.4. The molecule has 8 heteroatoms. The molecular formula is C12H21IN4O2S. The van der Waals surface area contributed by atoms with Gasteiger partial charge in [-0.25, -0.2) is 18.5 Å². The Bertz CT molecular complexity index is 543. The first-order valence-electron chi connectivity index (χ1n) is 5.72. The molecule has 2 N–H and O–H groups in total. The van der Waals surface area contributed by atoms with Crippen LogP contribution in [0.15, 0.2) is 34.2 Å². The monoisotopic (exact) mass is 412 g/mol. The number of benzene rings is 1. The van der Waals surface area contributed by atoms with Gasteiger partial charge in [-0.15, -0.1) is 24.0 Å². The zero-order valence-corrected chi connectivity index (χ0v) is 15.2. The van der Waals surface area contributed by atoms with Gasteiger partial charge in [0.2, 0.25) is 10.0 Å². The zero-order valence-electron chi connectivity index (χ0n) is 12.1. The Morgan fingerprint density at radius 1 is 1.10 bits per heavy atom. The van der Waals surface area contributed by atoms with E-state index in [9.17, 15) is 8.42 Å². The molecule has 1 rings (SSSR count). The van der Waals surface area contributed by atoms with Gasteiger partial charge in [-0.05, 0) is 17.7 Å². The Hall–Kier alpha value is -0.870. The van der Waals surface area contributed by atoms with Crippen molar-refractivity contribution in [3.05, 3.63) is 29.8 Å². The Morgan fingerprint density at radius 3 is 1.90 bits per heavy atom. The van der Waals surface area contributed by atoms with E-state index < -0.39 is 10.0 Å². The van der Waals surface area contributed by atoms with Gasteiger partial charge in [-0.2, -0.15) is 0 Å². The van der Waals surface area contributed by atoms with E-state index in [1.807, 2.05) is 38.0 Å². The Labute approximate surface area is 137 Å². The molecule has 0 saturated heterocycles. The predicted molar refractivity (Wildman–Crippen MR) is 91.7 cm³/mol. The molecule has 0 unspecified atom stereocenters. The number of primary sulfonamides is 1. The highest BCUT2D eigenvalue weighted by molar-refractivity contribution is 14.0. The molecule has 0 radical (unpaired) electrons. The lowest BCUT2D eigenvalue weighted by Crippen LogP contribution is -2.35. The van der Waals surface area contributed by atoms with E-state index in [1.165, 1.54) is 12.1 Å². The van der Waals surface area contributed by atoms with Gasteiger partial charge in [-0.1, -0.05) is 12.1 Å². The number of nitrogens with zero attached hydrogens (tertiary/aromatic N) is 3. The molecular weight excluding hydrogens is 391 g/mol. The highest BCUT2D eigenvalue weighted by Gasteiger charge is 2.07. The summed E-state index contributed by atoms with van der Waals surface area (Å²) >= 11 is 0. The van der Waals surface area contributed by atoms with Crippen LogP contribution in [-0.4, -0.2) is 52.4 Å². The van der Waals surface area contributed by atoms with E-state index in [2.05, 4.69) is 4.99 Å². The molecule has 0 aliphatic rings. The van der Waals surface area contributed by atoms with Crippen LogP contribution in [0.1, 0.15) is 5.56 Å². The lowest BCUT2D eigenvalue weighted by Gasteiger charge is -2.22.